The molecule has 8 nitrogen and oxygen atoms in total. The fourth-order valence-electron chi connectivity index (χ4n) is 2.82. The van der Waals surface area contributed by atoms with Gasteiger partial charge in [0, 0.05) is 5.56 Å². The lowest BCUT2D eigenvalue weighted by Gasteiger charge is -2.03. The molecule has 154 valence electrons. The van der Waals surface area contributed by atoms with Gasteiger partial charge in [-0.3, -0.25) is 19.5 Å². The third kappa shape index (κ3) is 4.52. The molecule has 0 aliphatic carbocycles. The van der Waals surface area contributed by atoms with Crippen molar-refractivity contribution in [1.29, 1.82) is 0 Å². The van der Waals surface area contributed by atoms with Gasteiger partial charge in [-0.15, -0.1) is 0 Å². The second-order valence-corrected chi connectivity index (χ2v) is 6.34. The maximum Gasteiger partial charge on any atom is 0.311 e. The number of nitrogens with one attached hydrogen (secondary N) is 2. The summed E-state index contributed by atoms with van der Waals surface area (Å²) in [6.45, 7) is 1.53. The van der Waals surface area contributed by atoms with Gasteiger partial charge in [-0.2, -0.15) is 5.10 Å². The van der Waals surface area contributed by atoms with E-state index in [0.29, 0.717) is 11.3 Å². The highest BCUT2D eigenvalue weighted by Crippen LogP contribution is 2.11. The molecule has 3 aromatic rings. The molecule has 9 heteroatoms. The average Bonchev–Trinajstić information content (AvgIpc) is 3.08. The van der Waals surface area contributed by atoms with Crippen LogP contribution >= 0.6 is 0 Å². The number of hydrogen-bond donors (Lipinski definition) is 2. The predicted molar refractivity (Wildman–Crippen MR) is 108 cm³/mol. The van der Waals surface area contributed by atoms with Crippen LogP contribution in [0.4, 0.5) is 4.39 Å². The van der Waals surface area contributed by atoms with E-state index in [2.05, 4.69) is 20.4 Å². The van der Waals surface area contributed by atoms with Gasteiger partial charge in [-0.1, -0.05) is 18.2 Å². The molecule has 30 heavy (non-hydrogen) atoms. The predicted octanol–water partition coefficient (Wildman–Crippen LogP) is 2.17. The van der Waals surface area contributed by atoms with Crippen LogP contribution in [0.3, 0.4) is 0 Å². The summed E-state index contributed by atoms with van der Waals surface area (Å²) in [5, 5.41) is 6.86. The molecule has 0 saturated carbocycles. The summed E-state index contributed by atoms with van der Waals surface area (Å²) in [7, 11) is 1.23. The molecule has 1 aromatic heterocycles. The van der Waals surface area contributed by atoms with Crippen LogP contribution in [0, 0.1) is 5.82 Å². The minimum Gasteiger partial charge on any atom is -0.469 e. The lowest BCUT2D eigenvalue weighted by Crippen LogP contribution is -2.23. The van der Waals surface area contributed by atoms with Crippen LogP contribution in [0.15, 0.2) is 64.5 Å². The van der Waals surface area contributed by atoms with E-state index < -0.39 is 23.3 Å². The molecule has 1 amide bonds. The van der Waals surface area contributed by atoms with Crippen molar-refractivity contribution in [1.82, 2.24) is 15.2 Å². The number of hydrogen-bond acceptors (Lipinski definition) is 5. The molecule has 0 aliphatic rings. The van der Waals surface area contributed by atoms with Gasteiger partial charge in [0.25, 0.3) is 11.5 Å². The highest BCUT2D eigenvalue weighted by molar-refractivity contribution is 6.02. The van der Waals surface area contributed by atoms with Crippen molar-refractivity contribution >= 4 is 17.6 Å². The van der Waals surface area contributed by atoms with Crippen molar-refractivity contribution in [3.05, 3.63) is 87.6 Å². The molecule has 2 N–H and O–H groups in total. The molecule has 0 unspecified atom stereocenters. The zero-order valence-corrected chi connectivity index (χ0v) is 16.3. The molecule has 1 heterocycles. The van der Waals surface area contributed by atoms with E-state index in [9.17, 15) is 18.8 Å². The Morgan fingerprint density at radius 2 is 1.80 bits per heavy atom. The zero-order valence-electron chi connectivity index (χ0n) is 16.3. The minimum absolute atomic E-state index is 0.109. The van der Waals surface area contributed by atoms with Crippen molar-refractivity contribution in [2.75, 3.05) is 7.11 Å². The Hall–Kier alpha value is -4.01. The molecule has 2 aromatic carbocycles. The van der Waals surface area contributed by atoms with Crippen LogP contribution in [0.2, 0.25) is 0 Å². The number of ether oxygens (including phenoxy) is 1. The number of benzene rings is 2. The van der Waals surface area contributed by atoms with Crippen molar-refractivity contribution in [2.45, 2.75) is 13.3 Å². The number of carbonyl (C=O) groups excluding carboxylic acids is 2. The summed E-state index contributed by atoms with van der Waals surface area (Å²) in [5.41, 5.74) is 3.23. The number of aromatic amines is 1. The van der Waals surface area contributed by atoms with Crippen LogP contribution < -0.4 is 11.0 Å². The van der Waals surface area contributed by atoms with Crippen molar-refractivity contribution < 1.29 is 18.7 Å². The smallest absolute Gasteiger partial charge is 0.311 e. The van der Waals surface area contributed by atoms with Crippen molar-refractivity contribution in [2.24, 2.45) is 5.10 Å². The molecule has 0 aliphatic heterocycles. The maximum absolute atomic E-state index is 13.2. The first-order valence-corrected chi connectivity index (χ1v) is 8.97. The van der Waals surface area contributed by atoms with Crippen LogP contribution in [0.25, 0.3) is 5.69 Å². The topological polar surface area (TPSA) is 106 Å². The third-order valence-corrected chi connectivity index (χ3v) is 4.32. The number of nitrogens with zero attached hydrogens (tertiary/aromatic N) is 2. The largest absolute Gasteiger partial charge is 0.469 e. The summed E-state index contributed by atoms with van der Waals surface area (Å²) >= 11 is 0. The van der Waals surface area contributed by atoms with Gasteiger partial charge >= 0.3 is 5.97 Å². The third-order valence-electron chi connectivity index (χ3n) is 4.32. The van der Waals surface area contributed by atoms with Gasteiger partial charge in [-0.25, -0.2) is 14.5 Å². The van der Waals surface area contributed by atoms with Gasteiger partial charge in [-0.05, 0) is 43.3 Å². The molecule has 3 rings (SSSR count). The number of amides is 1. The second kappa shape index (κ2) is 8.99. The van der Waals surface area contributed by atoms with Gasteiger partial charge in [0.05, 0.1) is 36.2 Å². The maximum atomic E-state index is 13.2. The van der Waals surface area contributed by atoms with Gasteiger partial charge in [0.2, 0.25) is 0 Å². The van der Waals surface area contributed by atoms with E-state index in [-0.39, 0.29) is 23.4 Å². The summed E-state index contributed by atoms with van der Waals surface area (Å²) in [6, 6.07) is 13.7. The number of H-pyrrole nitrogens is 1. The minimum atomic E-state index is -0.565. The molecule has 0 atom stereocenters. The number of halogens is 1. The first-order chi connectivity index (χ1) is 14.4. The fourth-order valence-corrected chi connectivity index (χ4v) is 2.82. The number of rotatable bonds is 6. The fraction of sp³-hybridized carbons (Fsp3) is 0.143. The number of hydrazone groups is 1. The molecular formula is C21H19FN4O4. The Bertz CT molecular complexity index is 1150. The van der Waals surface area contributed by atoms with Crippen LogP contribution in [0.5, 0.6) is 0 Å². The van der Waals surface area contributed by atoms with E-state index in [4.69, 9.17) is 0 Å². The highest BCUT2D eigenvalue weighted by Gasteiger charge is 2.20. The van der Waals surface area contributed by atoms with E-state index >= 15 is 0 Å². The molecule has 0 fully saturated rings. The van der Waals surface area contributed by atoms with E-state index in [1.165, 1.54) is 43.0 Å². The van der Waals surface area contributed by atoms with Gasteiger partial charge in [0.15, 0.2) is 0 Å². The molecule has 0 saturated heterocycles. The van der Waals surface area contributed by atoms with E-state index in [1.54, 1.807) is 30.3 Å². The monoisotopic (exact) mass is 410 g/mol. The molecule has 0 bridgehead atoms. The number of aromatic nitrogens is 2. The Kier molecular flexibility index (Phi) is 6.21. The summed E-state index contributed by atoms with van der Waals surface area (Å²) in [4.78, 5) is 37.0. The zero-order chi connectivity index (χ0) is 21.7. The van der Waals surface area contributed by atoms with Crippen LogP contribution in [-0.4, -0.2) is 34.5 Å². The number of carbonyl (C=O) groups is 2. The van der Waals surface area contributed by atoms with Gasteiger partial charge < -0.3 is 4.74 Å². The SMILES string of the molecule is COC(=O)Cc1[nH]n(-c2ccc(F)cc2)c(=O)c1/C(C)=N/NC(=O)c1ccccc1. The standard InChI is InChI=1S/C21H19FN4O4/c1-13(23-24-20(28)14-6-4-3-5-7-14)19-17(12-18(27)30-2)25-26(21(19)29)16-10-8-15(22)9-11-16/h3-11,25H,12H2,1-2H3,(H,24,28)/b23-13+. The van der Waals surface area contributed by atoms with Crippen LogP contribution in [-0.2, 0) is 16.0 Å². The quantitative estimate of drug-likeness (QED) is 0.369. The highest BCUT2D eigenvalue weighted by atomic mass is 19.1. The summed E-state index contributed by atoms with van der Waals surface area (Å²) in [5.74, 6) is -1.46. The average molecular weight is 410 g/mol. The number of esters is 1. The summed E-state index contributed by atoms with van der Waals surface area (Å²) < 4.78 is 19.1. The van der Waals surface area contributed by atoms with E-state index in [1.807, 2.05) is 0 Å². The first-order valence-electron chi connectivity index (χ1n) is 8.97. The van der Waals surface area contributed by atoms with E-state index in [0.717, 1.165) is 0 Å². The lowest BCUT2D eigenvalue weighted by molar-refractivity contribution is -0.139. The van der Waals surface area contributed by atoms with Crippen molar-refractivity contribution in [3.8, 4) is 5.69 Å². The van der Waals surface area contributed by atoms with Crippen molar-refractivity contribution in [3.63, 3.8) is 0 Å². The Morgan fingerprint density at radius 1 is 1.13 bits per heavy atom. The summed E-state index contributed by atoms with van der Waals surface area (Å²) in [6.07, 6.45) is -0.214. The lowest BCUT2D eigenvalue weighted by atomic mass is 10.1. The molecule has 0 spiro atoms. The molecule has 0 radical (unpaired) electrons. The first kappa shape index (κ1) is 20.7. The Morgan fingerprint density at radius 3 is 2.43 bits per heavy atom. The van der Waals surface area contributed by atoms with Crippen LogP contribution in [0.1, 0.15) is 28.5 Å². The Labute approximate surface area is 171 Å². The normalized spacial score (nSPS) is 11.2. The molecular weight excluding hydrogens is 391 g/mol. The number of methoxy groups -OCH3 is 1. The Balaban J connectivity index is 1.98. The van der Waals surface area contributed by atoms with Gasteiger partial charge in [0.1, 0.15) is 5.82 Å². The second-order valence-electron chi connectivity index (χ2n) is 6.34.